The van der Waals surface area contributed by atoms with E-state index in [2.05, 4.69) is 19.1 Å². The normalized spacial score (nSPS) is 10.4. The van der Waals surface area contributed by atoms with Gasteiger partial charge >= 0.3 is 0 Å². The van der Waals surface area contributed by atoms with E-state index in [4.69, 9.17) is 15.2 Å². The Morgan fingerprint density at radius 2 is 1.71 bits per heavy atom. The van der Waals surface area contributed by atoms with Crippen molar-refractivity contribution in [3.63, 3.8) is 0 Å². The first-order valence-electron chi connectivity index (χ1n) is 7.40. The summed E-state index contributed by atoms with van der Waals surface area (Å²) < 4.78 is 11.5. The molecular formula is C18H23NO2. The van der Waals surface area contributed by atoms with Gasteiger partial charge in [0.2, 0.25) is 0 Å². The number of aryl methyl sites for hydroxylation is 1. The summed E-state index contributed by atoms with van der Waals surface area (Å²) >= 11 is 0. The highest BCUT2D eigenvalue weighted by Gasteiger charge is 2.03. The second-order valence-electron chi connectivity index (χ2n) is 5.01. The molecule has 0 aliphatic carbocycles. The Kier molecular flexibility index (Phi) is 6.10. The van der Waals surface area contributed by atoms with Crippen LogP contribution in [-0.2, 0) is 6.42 Å². The molecular weight excluding hydrogens is 262 g/mol. The van der Waals surface area contributed by atoms with E-state index >= 15 is 0 Å². The van der Waals surface area contributed by atoms with Crippen LogP contribution in [0.1, 0.15) is 17.5 Å². The van der Waals surface area contributed by atoms with Crippen LogP contribution in [0.3, 0.4) is 0 Å². The van der Waals surface area contributed by atoms with E-state index in [-0.39, 0.29) is 0 Å². The average molecular weight is 285 g/mol. The quantitative estimate of drug-likeness (QED) is 0.757. The molecule has 0 bridgehead atoms. The minimum atomic E-state index is 0.636. The fourth-order valence-corrected chi connectivity index (χ4v) is 2.15. The van der Waals surface area contributed by atoms with E-state index < -0.39 is 0 Å². The number of hydrogen-bond donors (Lipinski definition) is 1. The average Bonchev–Trinajstić information content (AvgIpc) is 2.50. The fraction of sp³-hybridized carbons (Fsp3) is 0.333. The van der Waals surface area contributed by atoms with Crippen LogP contribution in [-0.4, -0.2) is 19.8 Å². The lowest BCUT2D eigenvalue weighted by molar-refractivity contribution is 0.246. The smallest absolute Gasteiger partial charge is 0.122 e. The molecule has 0 atom stereocenters. The van der Waals surface area contributed by atoms with Gasteiger partial charge in [-0.15, -0.1) is 0 Å². The summed E-state index contributed by atoms with van der Waals surface area (Å²) in [6.07, 6.45) is 1.70. The first kappa shape index (κ1) is 15.4. The molecule has 0 aliphatic rings. The van der Waals surface area contributed by atoms with E-state index in [1.807, 2.05) is 36.4 Å². The van der Waals surface area contributed by atoms with Gasteiger partial charge in [0.25, 0.3) is 0 Å². The monoisotopic (exact) mass is 285 g/mol. The predicted octanol–water partition coefficient (Wildman–Crippen LogP) is 3.34. The minimum Gasteiger partial charge on any atom is -0.493 e. The summed E-state index contributed by atoms with van der Waals surface area (Å²) in [4.78, 5) is 0. The molecule has 0 saturated heterocycles. The number of nitrogens with two attached hydrogens (primary N) is 1. The molecule has 2 rings (SSSR count). The van der Waals surface area contributed by atoms with Gasteiger partial charge < -0.3 is 15.2 Å². The van der Waals surface area contributed by atoms with Gasteiger partial charge in [0.05, 0.1) is 13.2 Å². The molecule has 3 heteroatoms. The maximum Gasteiger partial charge on any atom is 0.122 e. The Morgan fingerprint density at radius 1 is 0.952 bits per heavy atom. The first-order chi connectivity index (χ1) is 10.3. The fourth-order valence-electron chi connectivity index (χ4n) is 2.15. The number of ether oxygens (including phenoxy) is 2. The van der Waals surface area contributed by atoms with Crippen molar-refractivity contribution in [1.82, 2.24) is 0 Å². The highest BCUT2D eigenvalue weighted by atomic mass is 16.5. The van der Waals surface area contributed by atoms with Crippen LogP contribution < -0.4 is 15.2 Å². The Hall–Kier alpha value is -2.00. The molecule has 0 radical (unpaired) electrons. The second kappa shape index (κ2) is 8.32. The molecule has 0 saturated carbocycles. The summed E-state index contributed by atoms with van der Waals surface area (Å²) in [7, 11) is 0. The van der Waals surface area contributed by atoms with Crippen molar-refractivity contribution < 1.29 is 9.47 Å². The molecule has 2 N–H and O–H groups in total. The lowest BCUT2D eigenvalue weighted by Crippen LogP contribution is -2.08. The predicted molar refractivity (Wildman–Crippen MR) is 86.0 cm³/mol. The van der Waals surface area contributed by atoms with Gasteiger partial charge in [0, 0.05) is 6.42 Å². The summed E-state index contributed by atoms with van der Waals surface area (Å²) in [5.41, 5.74) is 8.06. The van der Waals surface area contributed by atoms with Crippen LogP contribution in [0.5, 0.6) is 11.5 Å². The van der Waals surface area contributed by atoms with E-state index in [1.54, 1.807) is 0 Å². The molecule has 0 heterocycles. The van der Waals surface area contributed by atoms with Crippen LogP contribution in [0.15, 0.2) is 48.5 Å². The lowest BCUT2D eigenvalue weighted by Gasteiger charge is -2.12. The zero-order valence-electron chi connectivity index (χ0n) is 12.5. The van der Waals surface area contributed by atoms with Crippen molar-refractivity contribution in [2.24, 2.45) is 5.73 Å². The molecule has 2 aromatic rings. The van der Waals surface area contributed by atoms with Crippen molar-refractivity contribution in [2.75, 3.05) is 19.8 Å². The van der Waals surface area contributed by atoms with E-state index in [0.717, 1.165) is 24.3 Å². The van der Waals surface area contributed by atoms with E-state index in [0.29, 0.717) is 19.8 Å². The van der Waals surface area contributed by atoms with Crippen LogP contribution in [0, 0.1) is 6.92 Å². The molecule has 0 aliphatic heterocycles. The Labute approximate surface area is 126 Å². The van der Waals surface area contributed by atoms with Crippen molar-refractivity contribution in [1.29, 1.82) is 0 Å². The Balaban J connectivity index is 1.75. The third-order valence-electron chi connectivity index (χ3n) is 3.19. The number of benzene rings is 2. The molecule has 0 amide bonds. The van der Waals surface area contributed by atoms with Crippen molar-refractivity contribution >= 4 is 0 Å². The summed E-state index contributed by atoms with van der Waals surface area (Å²) in [5.74, 6) is 1.84. The van der Waals surface area contributed by atoms with Gasteiger partial charge in [-0.25, -0.2) is 0 Å². The maximum absolute atomic E-state index is 5.85. The van der Waals surface area contributed by atoms with E-state index in [1.165, 1.54) is 11.1 Å². The molecule has 0 unspecified atom stereocenters. The van der Waals surface area contributed by atoms with Crippen LogP contribution in [0.2, 0.25) is 0 Å². The van der Waals surface area contributed by atoms with Crippen molar-refractivity contribution in [3.8, 4) is 11.5 Å². The van der Waals surface area contributed by atoms with Gasteiger partial charge in [0.15, 0.2) is 0 Å². The second-order valence-corrected chi connectivity index (χ2v) is 5.01. The third-order valence-corrected chi connectivity index (χ3v) is 3.19. The lowest BCUT2D eigenvalue weighted by atomic mass is 10.1. The number of hydrogen-bond acceptors (Lipinski definition) is 3. The van der Waals surface area contributed by atoms with Crippen molar-refractivity contribution in [2.45, 2.75) is 19.8 Å². The standard InChI is InChI=1S/C18H23NO2/c1-15-8-9-18(16(14-15)10-11-19)21-13-5-12-20-17-6-3-2-4-7-17/h2-4,6-9,14H,5,10-13,19H2,1H3. The highest BCUT2D eigenvalue weighted by Crippen LogP contribution is 2.20. The molecule has 2 aromatic carbocycles. The zero-order valence-corrected chi connectivity index (χ0v) is 12.5. The number of rotatable bonds is 8. The maximum atomic E-state index is 5.85. The van der Waals surface area contributed by atoms with Gasteiger partial charge in [-0.05, 0) is 43.7 Å². The molecule has 112 valence electrons. The SMILES string of the molecule is Cc1ccc(OCCCOc2ccccc2)c(CCN)c1. The summed E-state index contributed by atoms with van der Waals surface area (Å²) in [6.45, 7) is 4.02. The summed E-state index contributed by atoms with van der Waals surface area (Å²) in [6, 6.07) is 16.1. The Morgan fingerprint density at radius 3 is 2.48 bits per heavy atom. The molecule has 3 nitrogen and oxygen atoms in total. The molecule has 0 aromatic heterocycles. The van der Waals surface area contributed by atoms with Gasteiger partial charge in [-0.2, -0.15) is 0 Å². The minimum absolute atomic E-state index is 0.636. The first-order valence-corrected chi connectivity index (χ1v) is 7.40. The summed E-state index contributed by atoms with van der Waals surface area (Å²) in [5, 5.41) is 0. The van der Waals surface area contributed by atoms with E-state index in [9.17, 15) is 0 Å². The van der Waals surface area contributed by atoms with Crippen LogP contribution in [0.25, 0.3) is 0 Å². The zero-order chi connectivity index (χ0) is 14.9. The third kappa shape index (κ3) is 5.12. The highest BCUT2D eigenvalue weighted by molar-refractivity contribution is 5.37. The Bertz CT molecular complexity index is 540. The van der Waals surface area contributed by atoms with Gasteiger partial charge in [-0.1, -0.05) is 35.9 Å². The van der Waals surface area contributed by atoms with Crippen molar-refractivity contribution in [3.05, 3.63) is 59.7 Å². The molecule has 0 spiro atoms. The molecule has 21 heavy (non-hydrogen) atoms. The topological polar surface area (TPSA) is 44.5 Å². The van der Waals surface area contributed by atoms with Crippen LogP contribution >= 0.6 is 0 Å². The molecule has 0 fully saturated rings. The van der Waals surface area contributed by atoms with Gasteiger partial charge in [0.1, 0.15) is 11.5 Å². The largest absolute Gasteiger partial charge is 0.493 e. The number of para-hydroxylation sites is 1. The van der Waals surface area contributed by atoms with Crippen LogP contribution in [0.4, 0.5) is 0 Å². The van der Waals surface area contributed by atoms with Gasteiger partial charge in [-0.3, -0.25) is 0 Å².